The van der Waals surface area contributed by atoms with Gasteiger partial charge in [0, 0.05) is 20.1 Å². The van der Waals surface area contributed by atoms with Crippen LogP contribution in [-0.2, 0) is 6.18 Å². The van der Waals surface area contributed by atoms with Crippen molar-refractivity contribution in [3.05, 3.63) is 17.7 Å². The number of pyridine rings is 1. The first-order valence-corrected chi connectivity index (χ1v) is 6.94. The maximum atomic E-state index is 12.9. The van der Waals surface area contributed by atoms with Crippen molar-refractivity contribution in [2.24, 2.45) is 0 Å². The van der Waals surface area contributed by atoms with E-state index in [0.29, 0.717) is 18.9 Å². The summed E-state index contributed by atoms with van der Waals surface area (Å²) in [4.78, 5) is 8.14. The molecule has 0 bridgehead atoms. The molecule has 21 heavy (non-hydrogen) atoms. The zero-order chi connectivity index (χ0) is 16.0. The van der Waals surface area contributed by atoms with E-state index in [1.807, 2.05) is 30.8 Å². The van der Waals surface area contributed by atoms with E-state index < -0.39 is 11.7 Å². The average molecular weight is 304 g/mol. The molecule has 0 radical (unpaired) electrons. The summed E-state index contributed by atoms with van der Waals surface area (Å²) in [6.07, 6.45) is -3.50. The summed E-state index contributed by atoms with van der Waals surface area (Å²) in [6, 6.07) is 2.14. The standard InChI is InChI=1S/C14H23F3N4/c1-5-21(8-6-7-20(3)4)13-10-11(14(15,16)17)9-12(18-2)19-13/h9-10H,5-8H2,1-4H3,(H,18,19). The minimum absolute atomic E-state index is 0.228. The lowest BCUT2D eigenvalue weighted by atomic mass is 10.2. The van der Waals surface area contributed by atoms with Crippen molar-refractivity contribution in [3.8, 4) is 0 Å². The number of anilines is 2. The second kappa shape index (κ2) is 7.49. The van der Waals surface area contributed by atoms with Crippen LogP contribution in [-0.4, -0.2) is 50.7 Å². The molecule has 1 aromatic rings. The van der Waals surface area contributed by atoms with Crippen LogP contribution >= 0.6 is 0 Å². The monoisotopic (exact) mass is 304 g/mol. The minimum atomic E-state index is -4.37. The molecule has 0 saturated carbocycles. The first-order chi connectivity index (χ1) is 9.77. The number of nitrogens with one attached hydrogen (secondary N) is 1. The molecule has 0 saturated heterocycles. The van der Waals surface area contributed by atoms with Gasteiger partial charge >= 0.3 is 6.18 Å². The van der Waals surface area contributed by atoms with Crippen LogP contribution in [0.3, 0.4) is 0 Å². The predicted molar refractivity (Wildman–Crippen MR) is 79.8 cm³/mol. The van der Waals surface area contributed by atoms with Crippen molar-refractivity contribution in [1.82, 2.24) is 9.88 Å². The van der Waals surface area contributed by atoms with Gasteiger partial charge in [0.15, 0.2) is 0 Å². The van der Waals surface area contributed by atoms with Gasteiger partial charge in [0.25, 0.3) is 0 Å². The van der Waals surface area contributed by atoms with E-state index in [-0.39, 0.29) is 5.82 Å². The molecule has 7 heteroatoms. The topological polar surface area (TPSA) is 31.4 Å². The molecular weight excluding hydrogens is 281 g/mol. The van der Waals surface area contributed by atoms with Gasteiger partial charge in [0.2, 0.25) is 0 Å². The number of hydrogen-bond donors (Lipinski definition) is 1. The van der Waals surface area contributed by atoms with Crippen LogP contribution in [0.1, 0.15) is 18.9 Å². The normalized spacial score (nSPS) is 11.8. The van der Waals surface area contributed by atoms with E-state index >= 15 is 0 Å². The summed E-state index contributed by atoms with van der Waals surface area (Å²) in [5, 5.41) is 2.69. The highest BCUT2D eigenvalue weighted by atomic mass is 19.4. The van der Waals surface area contributed by atoms with Crippen LogP contribution < -0.4 is 10.2 Å². The number of halogens is 3. The molecule has 0 unspecified atom stereocenters. The van der Waals surface area contributed by atoms with Gasteiger partial charge in [-0.1, -0.05) is 0 Å². The highest BCUT2D eigenvalue weighted by molar-refractivity contribution is 5.51. The van der Waals surface area contributed by atoms with E-state index in [2.05, 4.69) is 10.3 Å². The van der Waals surface area contributed by atoms with Crippen LogP contribution in [0.5, 0.6) is 0 Å². The molecular formula is C14H23F3N4. The average Bonchev–Trinajstić information content (AvgIpc) is 2.41. The van der Waals surface area contributed by atoms with Crippen molar-refractivity contribution >= 4 is 11.6 Å². The molecule has 1 heterocycles. The predicted octanol–water partition coefficient (Wildman–Crippen LogP) is 2.92. The zero-order valence-electron chi connectivity index (χ0n) is 13.0. The van der Waals surface area contributed by atoms with Gasteiger partial charge in [0.05, 0.1) is 5.56 Å². The maximum absolute atomic E-state index is 12.9. The molecule has 0 aliphatic carbocycles. The van der Waals surface area contributed by atoms with Gasteiger partial charge in [-0.3, -0.25) is 0 Å². The second-order valence-corrected chi connectivity index (χ2v) is 5.08. The van der Waals surface area contributed by atoms with Gasteiger partial charge in [0.1, 0.15) is 11.6 Å². The lowest BCUT2D eigenvalue weighted by Crippen LogP contribution is -2.28. The molecule has 120 valence electrons. The fourth-order valence-electron chi connectivity index (χ4n) is 1.98. The SMILES string of the molecule is CCN(CCCN(C)C)c1cc(C(F)(F)F)cc(NC)n1. The fourth-order valence-corrected chi connectivity index (χ4v) is 1.98. The Morgan fingerprint density at radius 2 is 1.86 bits per heavy atom. The van der Waals surface area contributed by atoms with Crippen LogP contribution in [0.25, 0.3) is 0 Å². The molecule has 0 spiro atoms. The number of hydrogen-bond acceptors (Lipinski definition) is 4. The summed E-state index contributed by atoms with van der Waals surface area (Å²) >= 11 is 0. The van der Waals surface area contributed by atoms with Crippen molar-refractivity contribution in [1.29, 1.82) is 0 Å². The van der Waals surface area contributed by atoms with E-state index in [1.54, 1.807) is 7.05 Å². The number of alkyl halides is 3. The third-order valence-corrected chi connectivity index (χ3v) is 3.13. The minimum Gasteiger partial charge on any atom is -0.373 e. The Balaban J connectivity index is 2.97. The molecule has 0 amide bonds. The third kappa shape index (κ3) is 5.41. The van der Waals surface area contributed by atoms with Gasteiger partial charge in [-0.25, -0.2) is 4.98 Å². The van der Waals surface area contributed by atoms with Gasteiger partial charge in [-0.15, -0.1) is 0 Å². The quantitative estimate of drug-likeness (QED) is 0.839. The maximum Gasteiger partial charge on any atom is 0.416 e. The molecule has 0 atom stereocenters. The molecule has 0 aromatic carbocycles. The highest BCUT2D eigenvalue weighted by Gasteiger charge is 2.32. The summed E-state index contributed by atoms with van der Waals surface area (Å²) in [5.41, 5.74) is -0.678. The lowest BCUT2D eigenvalue weighted by Gasteiger charge is -2.24. The van der Waals surface area contributed by atoms with Crippen molar-refractivity contribution in [2.45, 2.75) is 19.5 Å². The summed E-state index contributed by atoms with van der Waals surface area (Å²) in [6.45, 7) is 4.09. The molecule has 0 aliphatic rings. The molecule has 4 nitrogen and oxygen atoms in total. The lowest BCUT2D eigenvalue weighted by molar-refractivity contribution is -0.137. The molecule has 0 aliphatic heterocycles. The number of aromatic nitrogens is 1. The van der Waals surface area contributed by atoms with E-state index in [4.69, 9.17) is 0 Å². The zero-order valence-corrected chi connectivity index (χ0v) is 13.0. The van der Waals surface area contributed by atoms with Gasteiger partial charge in [-0.2, -0.15) is 13.2 Å². The molecule has 1 N–H and O–H groups in total. The van der Waals surface area contributed by atoms with Crippen molar-refractivity contribution in [2.75, 3.05) is 51.0 Å². The fraction of sp³-hybridized carbons (Fsp3) is 0.643. The van der Waals surface area contributed by atoms with Gasteiger partial charge < -0.3 is 15.1 Å². The Morgan fingerprint density at radius 1 is 1.19 bits per heavy atom. The Morgan fingerprint density at radius 3 is 2.33 bits per heavy atom. The number of rotatable bonds is 7. The van der Waals surface area contributed by atoms with Crippen LogP contribution in [0, 0.1) is 0 Å². The van der Waals surface area contributed by atoms with Crippen molar-refractivity contribution in [3.63, 3.8) is 0 Å². The largest absolute Gasteiger partial charge is 0.416 e. The Hall–Kier alpha value is -1.50. The molecule has 0 fully saturated rings. The van der Waals surface area contributed by atoms with Crippen LogP contribution in [0.4, 0.5) is 24.8 Å². The second-order valence-electron chi connectivity index (χ2n) is 5.08. The Kier molecular flexibility index (Phi) is 6.26. The van der Waals surface area contributed by atoms with E-state index in [9.17, 15) is 13.2 Å². The smallest absolute Gasteiger partial charge is 0.373 e. The molecule has 1 aromatic heterocycles. The van der Waals surface area contributed by atoms with Crippen LogP contribution in [0.15, 0.2) is 12.1 Å². The van der Waals surface area contributed by atoms with E-state index in [1.165, 1.54) is 0 Å². The first kappa shape index (κ1) is 17.6. The van der Waals surface area contributed by atoms with Crippen molar-refractivity contribution < 1.29 is 13.2 Å². The number of nitrogens with zero attached hydrogens (tertiary/aromatic N) is 3. The Bertz CT molecular complexity index is 446. The van der Waals surface area contributed by atoms with Gasteiger partial charge in [-0.05, 0) is 46.1 Å². The molecule has 1 rings (SSSR count). The highest BCUT2D eigenvalue weighted by Crippen LogP contribution is 2.32. The summed E-state index contributed by atoms with van der Waals surface area (Å²) in [5.74, 6) is 0.585. The summed E-state index contributed by atoms with van der Waals surface area (Å²) in [7, 11) is 5.50. The van der Waals surface area contributed by atoms with E-state index in [0.717, 1.165) is 25.1 Å². The van der Waals surface area contributed by atoms with Crippen LogP contribution in [0.2, 0.25) is 0 Å². The summed E-state index contributed by atoms with van der Waals surface area (Å²) < 4.78 is 38.8. The Labute approximate surface area is 124 Å². The first-order valence-electron chi connectivity index (χ1n) is 6.94. The third-order valence-electron chi connectivity index (χ3n) is 3.13.